The predicted molar refractivity (Wildman–Crippen MR) is 162 cm³/mol. The molecule has 2 fully saturated rings. The zero-order chi connectivity index (χ0) is 35.7. The lowest BCUT2D eigenvalue weighted by atomic mass is 9.79. The van der Waals surface area contributed by atoms with Crippen LogP contribution in [0.4, 0.5) is 0 Å². The summed E-state index contributed by atoms with van der Waals surface area (Å²) in [5, 5.41) is 0. The molecule has 0 aliphatic heterocycles. The Bertz CT molecular complexity index is 1330. The topological polar surface area (TPSA) is 185 Å². The summed E-state index contributed by atoms with van der Waals surface area (Å²) in [6, 6.07) is 6.78. The summed E-state index contributed by atoms with van der Waals surface area (Å²) in [5.74, 6) is -4.57. The first-order chi connectivity index (χ1) is 22.6. The number of para-hydroxylation sites is 2. The molecule has 0 spiro atoms. The van der Waals surface area contributed by atoms with Crippen molar-refractivity contribution >= 4 is 35.8 Å². The molecule has 10 atom stereocenters. The van der Waals surface area contributed by atoms with Crippen LogP contribution in [0.25, 0.3) is 0 Å². The molecule has 1 aromatic carbocycles. The lowest BCUT2D eigenvalue weighted by Gasteiger charge is -2.46. The smallest absolute Gasteiger partial charge is 0.303 e. The van der Waals surface area contributed by atoms with Crippen LogP contribution in [0, 0.1) is 11.8 Å². The van der Waals surface area contributed by atoms with Gasteiger partial charge in [0.15, 0.2) is 35.9 Å². The minimum atomic E-state index is -1.31. The van der Waals surface area contributed by atoms with E-state index in [1.165, 1.54) is 41.7 Å². The van der Waals surface area contributed by atoms with E-state index in [4.69, 9.17) is 42.6 Å². The molecular weight excluding hydrogens is 636 g/mol. The molecule has 0 radical (unpaired) electrons. The van der Waals surface area contributed by atoms with Gasteiger partial charge in [-0.3, -0.25) is 28.8 Å². The minimum Gasteiger partial charge on any atom is -0.493 e. The van der Waals surface area contributed by atoms with Gasteiger partial charge in [-0.1, -0.05) is 19.1 Å². The number of benzene rings is 1. The van der Waals surface area contributed by atoms with Gasteiger partial charge in [-0.25, -0.2) is 0 Å². The first-order valence-electron chi connectivity index (χ1n) is 15.6. The highest BCUT2D eigenvalue weighted by atomic mass is 16.6. The fraction of sp³-hybridized carbons (Fsp3) is 0.636. The Labute approximate surface area is 278 Å². The summed E-state index contributed by atoms with van der Waals surface area (Å²) in [6.45, 7) is 8.69. The Morgan fingerprint density at radius 1 is 0.562 bits per heavy atom. The van der Waals surface area contributed by atoms with Crippen molar-refractivity contribution in [2.24, 2.45) is 11.8 Å². The van der Waals surface area contributed by atoms with E-state index < -0.39 is 96.5 Å². The van der Waals surface area contributed by atoms with Crippen molar-refractivity contribution < 1.29 is 71.4 Å². The largest absolute Gasteiger partial charge is 0.493 e. The van der Waals surface area contributed by atoms with Crippen molar-refractivity contribution in [2.45, 2.75) is 110 Å². The number of carbonyl (C=O) groups excluding carboxylic acids is 6. The summed E-state index contributed by atoms with van der Waals surface area (Å²) in [6.07, 6.45) is -8.55. The van der Waals surface area contributed by atoms with Crippen molar-refractivity contribution in [2.75, 3.05) is 13.7 Å². The fourth-order valence-corrected chi connectivity index (χ4v) is 6.21. The fourth-order valence-electron chi connectivity index (χ4n) is 6.21. The summed E-state index contributed by atoms with van der Waals surface area (Å²) in [4.78, 5) is 73.2. The second-order valence-electron chi connectivity index (χ2n) is 11.8. The summed E-state index contributed by atoms with van der Waals surface area (Å²) >= 11 is 0. The van der Waals surface area contributed by atoms with Gasteiger partial charge in [-0.05, 0) is 30.9 Å². The van der Waals surface area contributed by atoms with Crippen molar-refractivity contribution in [1.82, 2.24) is 0 Å². The molecule has 15 heteroatoms. The molecule has 0 saturated heterocycles. The van der Waals surface area contributed by atoms with Crippen molar-refractivity contribution in [1.29, 1.82) is 0 Å². The van der Waals surface area contributed by atoms with Gasteiger partial charge >= 0.3 is 35.8 Å². The van der Waals surface area contributed by atoms with Crippen LogP contribution >= 0.6 is 0 Å². The van der Waals surface area contributed by atoms with E-state index >= 15 is 0 Å². The third kappa shape index (κ3) is 10.3. The van der Waals surface area contributed by atoms with E-state index in [0.29, 0.717) is 11.5 Å². The van der Waals surface area contributed by atoms with Gasteiger partial charge < -0.3 is 42.6 Å². The van der Waals surface area contributed by atoms with Crippen LogP contribution < -0.4 is 9.47 Å². The lowest BCUT2D eigenvalue weighted by molar-refractivity contribution is -0.229. The monoisotopic (exact) mass is 680 g/mol. The Balaban J connectivity index is 2.02. The van der Waals surface area contributed by atoms with E-state index in [2.05, 4.69) is 0 Å². The molecule has 0 aromatic heterocycles. The van der Waals surface area contributed by atoms with Crippen molar-refractivity contribution in [3.63, 3.8) is 0 Å². The maximum atomic E-state index is 12.4. The van der Waals surface area contributed by atoms with Gasteiger partial charge in [-0.2, -0.15) is 0 Å². The quantitative estimate of drug-likeness (QED) is 0.231. The number of rotatable bonds is 12. The first-order valence-corrected chi connectivity index (χ1v) is 15.6. The van der Waals surface area contributed by atoms with Crippen molar-refractivity contribution in [3.05, 3.63) is 24.3 Å². The van der Waals surface area contributed by atoms with Crippen LogP contribution in [0.3, 0.4) is 0 Å². The van der Waals surface area contributed by atoms with Crippen molar-refractivity contribution in [3.8, 4) is 11.5 Å². The van der Waals surface area contributed by atoms with E-state index in [-0.39, 0.29) is 19.4 Å². The van der Waals surface area contributed by atoms with Gasteiger partial charge in [-0.15, -0.1) is 0 Å². The highest BCUT2D eigenvalue weighted by Gasteiger charge is 2.54. The zero-order valence-corrected chi connectivity index (χ0v) is 28.3. The van der Waals surface area contributed by atoms with Gasteiger partial charge in [0.2, 0.25) is 0 Å². The molecule has 0 amide bonds. The van der Waals surface area contributed by atoms with Crippen LogP contribution in [0.15, 0.2) is 24.3 Å². The second-order valence-corrected chi connectivity index (χ2v) is 11.8. The summed E-state index contributed by atoms with van der Waals surface area (Å²) in [5.41, 5.74) is 0. The maximum absolute atomic E-state index is 12.4. The third-order valence-corrected chi connectivity index (χ3v) is 7.88. The Kier molecular flexibility index (Phi) is 13.6. The second kappa shape index (κ2) is 17.1. The van der Waals surface area contributed by atoms with Gasteiger partial charge in [0, 0.05) is 47.5 Å². The number of esters is 6. The Morgan fingerprint density at radius 3 is 1.48 bits per heavy atom. The zero-order valence-electron chi connectivity index (χ0n) is 28.3. The van der Waals surface area contributed by atoms with Gasteiger partial charge in [0.05, 0.1) is 19.8 Å². The third-order valence-electron chi connectivity index (χ3n) is 7.88. The number of methoxy groups -OCH3 is 1. The number of hydrogen-bond acceptors (Lipinski definition) is 15. The van der Waals surface area contributed by atoms with E-state index in [1.54, 1.807) is 31.2 Å². The molecular formula is C33H44O15. The molecule has 0 N–H and O–H groups in total. The first kappa shape index (κ1) is 38.1. The average Bonchev–Trinajstić information content (AvgIpc) is 2.97. The van der Waals surface area contributed by atoms with Gasteiger partial charge in [0.25, 0.3) is 0 Å². The minimum absolute atomic E-state index is 0.0651. The van der Waals surface area contributed by atoms with Crippen LogP contribution in [-0.4, -0.2) is 98.4 Å². The normalized spacial score (nSPS) is 29.8. The van der Waals surface area contributed by atoms with Crippen LogP contribution in [-0.2, 0) is 61.9 Å². The predicted octanol–water partition coefficient (Wildman–Crippen LogP) is 2.48. The van der Waals surface area contributed by atoms with Crippen LogP contribution in [0.2, 0.25) is 0 Å². The lowest BCUT2D eigenvalue weighted by Crippen LogP contribution is -2.61. The number of hydrogen-bond donors (Lipinski definition) is 0. The molecule has 0 unspecified atom stereocenters. The molecule has 2 saturated carbocycles. The highest BCUT2D eigenvalue weighted by molar-refractivity contribution is 5.69. The molecule has 2 aliphatic carbocycles. The number of carbonyl (C=O) groups is 6. The summed E-state index contributed by atoms with van der Waals surface area (Å²) in [7, 11) is 1.46. The SMILES string of the molecule is COc1ccccc1O[C@@H]1C[C@H](CO[C@@H]2C[C@@H](C)[C@H](OC(C)=O)[C@@H](OC(C)=O)[C@H]2OC(C)=O)[C@@H](OC(C)=O)[C@H](OC(C)=O)[C@H]1OC(C)=O. The average molecular weight is 681 g/mol. The molecule has 3 rings (SSSR count). The van der Waals surface area contributed by atoms with E-state index in [1.807, 2.05) is 0 Å². The highest BCUT2D eigenvalue weighted by Crippen LogP contribution is 2.39. The molecule has 15 nitrogen and oxygen atoms in total. The molecule has 48 heavy (non-hydrogen) atoms. The standard InChI is InChI=1S/C33H44O15/c1-16-13-26(30(44-19(4)36)32(46-21(6)38)28(16)42-17(2)34)41-15-23-14-27(48-25-12-10-9-11-24(25)40-8)31(45-20(5)37)33(47-22(7)39)29(23)43-18(3)35/h9-12,16,23,26-33H,13-15H2,1-8H3/t16-,23-,26-,27-,28+,29-,30+,31+,32-,33+/m1/s1. The van der Waals surface area contributed by atoms with E-state index in [0.717, 1.165) is 6.92 Å². The summed E-state index contributed by atoms with van der Waals surface area (Å²) < 4.78 is 51.6. The van der Waals surface area contributed by atoms with Crippen LogP contribution in [0.5, 0.6) is 11.5 Å². The number of ether oxygens (including phenoxy) is 9. The Hall–Kier alpha value is -4.40. The molecule has 0 bridgehead atoms. The molecule has 266 valence electrons. The molecule has 2 aliphatic rings. The van der Waals surface area contributed by atoms with Crippen LogP contribution in [0.1, 0.15) is 61.3 Å². The molecule has 0 heterocycles. The molecule has 1 aromatic rings. The van der Waals surface area contributed by atoms with Gasteiger partial charge in [0.1, 0.15) is 18.3 Å². The Morgan fingerprint density at radius 2 is 0.979 bits per heavy atom. The van der Waals surface area contributed by atoms with E-state index in [9.17, 15) is 28.8 Å². The maximum Gasteiger partial charge on any atom is 0.303 e.